The molecule has 3 saturated heterocycles. The third kappa shape index (κ3) is 6.20. The second kappa shape index (κ2) is 13.7. The highest BCUT2D eigenvalue weighted by Gasteiger charge is 2.57. The van der Waals surface area contributed by atoms with Crippen LogP contribution in [0.5, 0.6) is 0 Å². The van der Waals surface area contributed by atoms with E-state index in [9.17, 15) is 19.5 Å². The molecule has 3 aromatic rings. The Bertz CT molecular complexity index is 1690. The largest absolute Gasteiger partial charge is 0.351 e. The fraction of sp³-hybridized carbons (Fsp3) is 0.447. The number of amides is 4. The zero-order valence-electron chi connectivity index (χ0n) is 27.5. The molecule has 1 spiro atoms. The SMILES string of the molecule is Cc1ccccc1C1CCCN1C(=O)CN1C(=O)[C@]2(CCc3cc(NC(=O)NCCCc4ccccc4C4CCCN4)ccc32)OC1O. The maximum atomic E-state index is 13.9. The van der Waals surface area contributed by atoms with Gasteiger partial charge in [0, 0.05) is 24.8 Å². The van der Waals surface area contributed by atoms with E-state index in [0.717, 1.165) is 60.2 Å². The van der Waals surface area contributed by atoms with Crippen molar-refractivity contribution in [3.05, 3.63) is 100 Å². The first kappa shape index (κ1) is 32.3. The molecule has 1 aliphatic carbocycles. The molecule has 10 heteroatoms. The number of aryl methyl sites for hydroxylation is 3. The van der Waals surface area contributed by atoms with Gasteiger partial charge in [-0.2, -0.15) is 0 Å². The van der Waals surface area contributed by atoms with E-state index >= 15 is 0 Å². The van der Waals surface area contributed by atoms with Gasteiger partial charge in [-0.3, -0.25) is 14.5 Å². The molecule has 3 unspecified atom stereocenters. The lowest BCUT2D eigenvalue weighted by Gasteiger charge is -2.29. The number of carbonyl (C=O) groups excluding carboxylic acids is 3. The summed E-state index contributed by atoms with van der Waals surface area (Å²) in [5, 5.41) is 20.4. The molecule has 3 aliphatic heterocycles. The Labute approximate surface area is 281 Å². The van der Waals surface area contributed by atoms with Crippen LogP contribution in [0.15, 0.2) is 66.7 Å². The van der Waals surface area contributed by atoms with Crippen molar-refractivity contribution in [3.8, 4) is 0 Å². The fourth-order valence-electron chi connectivity index (χ4n) is 8.13. The van der Waals surface area contributed by atoms with Crippen LogP contribution in [0.2, 0.25) is 0 Å². The average molecular weight is 652 g/mol. The van der Waals surface area contributed by atoms with Crippen molar-refractivity contribution in [2.75, 3.05) is 31.5 Å². The maximum Gasteiger partial charge on any atom is 0.319 e. The summed E-state index contributed by atoms with van der Waals surface area (Å²) in [5.41, 5.74) is 5.75. The number of ether oxygens (including phenoxy) is 1. The molecule has 0 aromatic heterocycles. The van der Waals surface area contributed by atoms with Crippen LogP contribution in [-0.4, -0.2) is 65.3 Å². The molecule has 7 rings (SSSR count). The highest BCUT2D eigenvalue weighted by molar-refractivity contribution is 5.94. The van der Waals surface area contributed by atoms with Crippen molar-refractivity contribution in [1.29, 1.82) is 0 Å². The van der Waals surface area contributed by atoms with E-state index in [1.54, 1.807) is 12.1 Å². The number of aliphatic hydroxyl groups excluding tert-OH is 1. The van der Waals surface area contributed by atoms with E-state index in [-0.39, 0.29) is 24.5 Å². The summed E-state index contributed by atoms with van der Waals surface area (Å²) in [5.74, 6) is -0.606. The Kier molecular flexibility index (Phi) is 9.22. The van der Waals surface area contributed by atoms with Crippen LogP contribution >= 0.6 is 0 Å². The van der Waals surface area contributed by atoms with Gasteiger partial charge >= 0.3 is 6.03 Å². The van der Waals surface area contributed by atoms with Gasteiger partial charge in [-0.15, -0.1) is 0 Å². The number of anilines is 1. The van der Waals surface area contributed by atoms with Crippen LogP contribution < -0.4 is 16.0 Å². The predicted molar refractivity (Wildman–Crippen MR) is 182 cm³/mol. The molecule has 10 nitrogen and oxygen atoms in total. The summed E-state index contributed by atoms with van der Waals surface area (Å²) in [6, 6.07) is 22.1. The molecule has 3 heterocycles. The molecule has 3 fully saturated rings. The van der Waals surface area contributed by atoms with Gasteiger partial charge in [0.1, 0.15) is 6.54 Å². The number of hydrogen-bond acceptors (Lipinski definition) is 6. The molecule has 4 aliphatic rings. The van der Waals surface area contributed by atoms with Crippen molar-refractivity contribution < 1.29 is 24.2 Å². The predicted octanol–water partition coefficient (Wildman–Crippen LogP) is 4.81. The summed E-state index contributed by atoms with van der Waals surface area (Å²) < 4.78 is 5.98. The van der Waals surface area contributed by atoms with E-state index in [1.807, 2.05) is 36.1 Å². The monoisotopic (exact) mass is 651 g/mol. The first-order chi connectivity index (χ1) is 23.3. The highest BCUT2D eigenvalue weighted by Crippen LogP contribution is 2.47. The normalized spacial score (nSPS) is 24.8. The number of carbonyl (C=O) groups is 3. The van der Waals surface area contributed by atoms with E-state index in [2.05, 4.69) is 46.3 Å². The molecule has 48 heavy (non-hydrogen) atoms. The number of hydrogen-bond donors (Lipinski definition) is 4. The van der Waals surface area contributed by atoms with Crippen LogP contribution in [0.3, 0.4) is 0 Å². The quantitative estimate of drug-likeness (QED) is 0.246. The summed E-state index contributed by atoms with van der Waals surface area (Å²) in [7, 11) is 0. The molecule has 3 aromatic carbocycles. The van der Waals surface area contributed by atoms with Crippen molar-refractivity contribution in [1.82, 2.24) is 20.4 Å². The molecule has 4 amide bonds. The lowest BCUT2D eigenvalue weighted by atomic mass is 9.94. The Morgan fingerprint density at radius 3 is 2.67 bits per heavy atom. The maximum absolute atomic E-state index is 13.9. The lowest BCUT2D eigenvalue weighted by molar-refractivity contribution is -0.181. The van der Waals surface area contributed by atoms with Crippen LogP contribution in [-0.2, 0) is 32.8 Å². The van der Waals surface area contributed by atoms with Crippen LogP contribution in [0.4, 0.5) is 10.5 Å². The van der Waals surface area contributed by atoms with Gasteiger partial charge in [-0.05, 0) is 110 Å². The Balaban J connectivity index is 0.943. The standard InChI is InChI=1S/C38H45N5O5/c1-25-9-2-4-12-29(25)33-15-8-22-42(33)34(44)24-43-35(45)38(48-37(43)47)19-18-27-23-28(16-17-31(27)38)41-36(46)40-21-6-11-26-10-3-5-13-30(26)32-14-7-20-39-32/h2-5,9-10,12-13,16-17,23,32-33,37,39,47H,6-8,11,14-15,18-22,24H2,1H3,(H2,40,41,46)/t32?,33?,37?,38-/m1/s1. The molecule has 252 valence electrons. The molecule has 4 N–H and O–H groups in total. The number of likely N-dealkylation sites (tertiary alicyclic amines) is 1. The fourth-order valence-corrected chi connectivity index (χ4v) is 8.13. The Morgan fingerprint density at radius 1 is 1.04 bits per heavy atom. The van der Waals surface area contributed by atoms with E-state index < -0.39 is 17.9 Å². The lowest BCUT2D eigenvalue weighted by Crippen LogP contribution is -2.45. The zero-order valence-corrected chi connectivity index (χ0v) is 27.5. The van der Waals surface area contributed by atoms with Crippen LogP contribution in [0.1, 0.15) is 84.0 Å². The summed E-state index contributed by atoms with van der Waals surface area (Å²) in [4.78, 5) is 43.1. The third-order valence-corrected chi connectivity index (χ3v) is 10.5. The molecule has 0 radical (unpaired) electrons. The summed E-state index contributed by atoms with van der Waals surface area (Å²) >= 11 is 0. The van der Waals surface area contributed by atoms with Crippen LogP contribution in [0.25, 0.3) is 0 Å². The number of benzene rings is 3. The minimum Gasteiger partial charge on any atom is -0.351 e. The molecular weight excluding hydrogens is 606 g/mol. The first-order valence-electron chi connectivity index (χ1n) is 17.4. The molecule has 4 atom stereocenters. The number of nitrogens with one attached hydrogen (secondary N) is 3. The summed E-state index contributed by atoms with van der Waals surface area (Å²) in [6.07, 6.45) is 5.21. The van der Waals surface area contributed by atoms with Gasteiger partial charge in [0.15, 0.2) is 5.60 Å². The third-order valence-electron chi connectivity index (χ3n) is 10.5. The smallest absolute Gasteiger partial charge is 0.319 e. The second-order valence-electron chi connectivity index (χ2n) is 13.5. The van der Waals surface area contributed by atoms with Gasteiger partial charge in [-0.1, -0.05) is 54.6 Å². The topological polar surface area (TPSA) is 123 Å². The molecular formula is C38H45N5O5. The van der Waals surface area contributed by atoms with Gasteiger partial charge in [0.2, 0.25) is 12.3 Å². The van der Waals surface area contributed by atoms with E-state index in [4.69, 9.17) is 4.74 Å². The second-order valence-corrected chi connectivity index (χ2v) is 13.5. The van der Waals surface area contributed by atoms with Gasteiger partial charge < -0.3 is 30.7 Å². The van der Waals surface area contributed by atoms with E-state index in [0.29, 0.717) is 43.2 Å². The van der Waals surface area contributed by atoms with Gasteiger partial charge in [0.25, 0.3) is 5.91 Å². The number of aliphatic hydroxyl groups is 1. The van der Waals surface area contributed by atoms with Gasteiger partial charge in [0.05, 0.1) is 6.04 Å². The van der Waals surface area contributed by atoms with Crippen molar-refractivity contribution in [3.63, 3.8) is 0 Å². The Hall–Kier alpha value is -4.25. The minimum absolute atomic E-state index is 0.0467. The zero-order chi connectivity index (χ0) is 33.3. The number of fused-ring (bicyclic) bond motifs is 2. The van der Waals surface area contributed by atoms with Crippen molar-refractivity contribution >= 4 is 23.5 Å². The highest BCUT2D eigenvalue weighted by atomic mass is 16.7. The first-order valence-corrected chi connectivity index (χ1v) is 17.4. The number of rotatable bonds is 9. The van der Waals surface area contributed by atoms with E-state index in [1.165, 1.54) is 17.5 Å². The molecule has 0 saturated carbocycles. The van der Waals surface area contributed by atoms with Crippen molar-refractivity contribution in [2.24, 2.45) is 0 Å². The number of nitrogens with zero attached hydrogens (tertiary/aromatic N) is 2. The number of urea groups is 1. The average Bonchev–Trinajstić information content (AvgIpc) is 3.90. The molecule has 0 bridgehead atoms. The van der Waals surface area contributed by atoms with Crippen LogP contribution in [0, 0.1) is 6.92 Å². The van der Waals surface area contributed by atoms with Crippen molar-refractivity contribution in [2.45, 2.75) is 82.4 Å². The Morgan fingerprint density at radius 2 is 1.85 bits per heavy atom. The summed E-state index contributed by atoms with van der Waals surface area (Å²) in [6.45, 7) is 4.01. The van der Waals surface area contributed by atoms with Gasteiger partial charge in [-0.25, -0.2) is 4.79 Å². The minimum atomic E-state index is -1.52.